The summed E-state index contributed by atoms with van der Waals surface area (Å²) in [6, 6.07) is 5.37. The first kappa shape index (κ1) is 10.6. The fraction of sp³-hybridized carbons (Fsp3) is 0.333. The van der Waals surface area contributed by atoms with Crippen molar-refractivity contribution in [1.82, 2.24) is 0 Å². The van der Waals surface area contributed by atoms with Crippen LogP contribution >= 0.6 is 0 Å². The number of benzene rings is 1. The van der Waals surface area contributed by atoms with Crippen molar-refractivity contribution < 1.29 is 8.42 Å². The van der Waals surface area contributed by atoms with Gasteiger partial charge in [0, 0.05) is 33.1 Å². The lowest BCUT2D eigenvalue weighted by Gasteiger charge is -2.03. The van der Waals surface area contributed by atoms with Crippen molar-refractivity contribution >= 4 is 21.6 Å². The summed E-state index contributed by atoms with van der Waals surface area (Å²) < 4.78 is 22.3. The Balaban J connectivity index is 3.20. The monoisotopic (exact) mass is 216 g/mol. The van der Waals surface area contributed by atoms with Crippen molar-refractivity contribution in [3.8, 4) is 0 Å². The van der Waals surface area contributed by atoms with Crippen LogP contribution in [0.1, 0.15) is 5.56 Å². The van der Waals surface area contributed by atoms with E-state index in [9.17, 15) is 8.42 Å². The van der Waals surface area contributed by atoms with Crippen molar-refractivity contribution in [2.75, 3.05) is 12.5 Å². The summed E-state index contributed by atoms with van der Waals surface area (Å²) in [5, 5.41) is 0. The Morgan fingerprint density at radius 3 is 2.08 bits per heavy atom. The van der Waals surface area contributed by atoms with Crippen LogP contribution in [0.5, 0.6) is 0 Å². The topological polar surface area (TPSA) is 34.1 Å². The van der Waals surface area contributed by atoms with Gasteiger partial charge < -0.3 is 0 Å². The molecule has 0 radical (unpaired) electrons. The van der Waals surface area contributed by atoms with Gasteiger partial charge in [0.25, 0.3) is 0 Å². The minimum Gasteiger partial charge on any atom is -0.255 e. The van der Waals surface area contributed by atoms with E-state index in [1.807, 2.05) is 13.0 Å². The van der Waals surface area contributed by atoms with Gasteiger partial charge in [-0.25, -0.2) is 0 Å². The van der Waals surface area contributed by atoms with Crippen LogP contribution in [-0.4, -0.2) is 20.9 Å². The smallest absolute Gasteiger partial charge is 0.0500 e. The van der Waals surface area contributed by atoms with E-state index in [4.69, 9.17) is 0 Å². The first-order valence-corrected chi connectivity index (χ1v) is 6.91. The third kappa shape index (κ3) is 2.48. The van der Waals surface area contributed by atoms with E-state index in [1.165, 1.54) is 0 Å². The lowest BCUT2D eigenvalue weighted by molar-refractivity contribution is 0.684. The highest BCUT2D eigenvalue weighted by Crippen LogP contribution is 2.15. The van der Waals surface area contributed by atoms with Crippen LogP contribution in [-0.2, 0) is 21.6 Å². The van der Waals surface area contributed by atoms with Gasteiger partial charge in [-0.3, -0.25) is 8.42 Å². The lowest BCUT2D eigenvalue weighted by Crippen LogP contribution is -1.94. The summed E-state index contributed by atoms with van der Waals surface area (Å²) >= 11 is 0. The summed E-state index contributed by atoms with van der Waals surface area (Å²) in [7, 11) is -1.92. The van der Waals surface area contributed by atoms with Crippen LogP contribution in [0, 0.1) is 6.92 Å². The molecule has 1 aromatic rings. The highest BCUT2D eigenvalue weighted by Gasteiger charge is 2.04. The molecule has 0 aliphatic rings. The second-order valence-electron chi connectivity index (χ2n) is 2.84. The molecule has 0 aliphatic carbocycles. The van der Waals surface area contributed by atoms with Crippen molar-refractivity contribution in [2.45, 2.75) is 16.7 Å². The molecule has 2 nitrogen and oxygen atoms in total. The maximum atomic E-state index is 11.2. The predicted octanol–water partition coefficient (Wildman–Crippen LogP) is 1.47. The van der Waals surface area contributed by atoms with E-state index in [0.717, 1.165) is 15.4 Å². The quantitative estimate of drug-likeness (QED) is 0.750. The fourth-order valence-corrected chi connectivity index (χ4v) is 2.50. The van der Waals surface area contributed by atoms with E-state index in [1.54, 1.807) is 24.6 Å². The summed E-state index contributed by atoms with van der Waals surface area (Å²) in [4.78, 5) is 1.60. The second kappa shape index (κ2) is 4.15. The highest BCUT2D eigenvalue weighted by atomic mass is 32.2. The molecule has 0 bridgehead atoms. The van der Waals surface area contributed by atoms with E-state index >= 15 is 0 Å². The van der Waals surface area contributed by atoms with Gasteiger partial charge in [0.1, 0.15) is 0 Å². The summed E-state index contributed by atoms with van der Waals surface area (Å²) in [6.45, 7) is 1.88. The first-order chi connectivity index (χ1) is 6.02. The lowest BCUT2D eigenvalue weighted by atomic mass is 10.2. The SMILES string of the molecule is Cc1cc(S(C)=O)ccc1S(C)=O. The van der Waals surface area contributed by atoms with Crippen molar-refractivity contribution in [3.05, 3.63) is 23.8 Å². The third-order valence-electron chi connectivity index (χ3n) is 1.79. The minimum absolute atomic E-state index is 0.784. The zero-order chi connectivity index (χ0) is 10.0. The van der Waals surface area contributed by atoms with Crippen LogP contribution in [0.25, 0.3) is 0 Å². The van der Waals surface area contributed by atoms with Crippen LogP contribution in [0.4, 0.5) is 0 Å². The van der Waals surface area contributed by atoms with E-state index in [0.29, 0.717) is 0 Å². The van der Waals surface area contributed by atoms with Gasteiger partial charge in [-0.15, -0.1) is 0 Å². The molecular formula is C9H12O2S2. The van der Waals surface area contributed by atoms with Crippen molar-refractivity contribution in [2.24, 2.45) is 0 Å². The van der Waals surface area contributed by atoms with E-state index < -0.39 is 21.6 Å². The number of hydrogen-bond donors (Lipinski definition) is 0. The molecule has 4 heteroatoms. The molecule has 72 valence electrons. The number of hydrogen-bond acceptors (Lipinski definition) is 2. The first-order valence-electron chi connectivity index (χ1n) is 3.80. The molecule has 2 atom stereocenters. The molecule has 0 fully saturated rings. The van der Waals surface area contributed by atoms with Crippen LogP contribution in [0.3, 0.4) is 0 Å². The molecule has 0 saturated heterocycles. The average Bonchev–Trinajstić information content (AvgIpc) is 2.03. The van der Waals surface area contributed by atoms with Crippen LogP contribution in [0.2, 0.25) is 0 Å². The van der Waals surface area contributed by atoms with Gasteiger partial charge in [0.2, 0.25) is 0 Å². The Hall–Kier alpha value is -0.480. The predicted molar refractivity (Wildman–Crippen MR) is 55.8 cm³/mol. The van der Waals surface area contributed by atoms with Crippen molar-refractivity contribution in [3.63, 3.8) is 0 Å². The molecule has 0 heterocycles. The minimum atomic E-state index is -0.961. The van der Waals surface area contributed by atoms with Gasteiger partial charge in [-0.1, -0.05) is 0 Å². The molecule has 0 spiro atoms. The van der Waals surface area contributed by atoms with E-state index in [-0.39, 0.29) is 0 Å². The third-order valence-corrected chi connectivity index (χ3v) is 3.78. The fourth-order valence-electron chi connectivity index (χ4n) is 1.12. The average molecular weight is 216 g/mol. The molecule has 0 aliphatic heterocycles. The normalized spacial score (nSPS) is 15.3. The summed E-state index contributed by atoms with van der Waals surface area (Å²) in [5.41, 5.74) is 0.938. The molecular weight excluding hydrogens is 204 g/mol. The van der Waals surface area contributed by atoms with Crippen LogP contribution < -0.4 is 0 Å². The Morgan fingerprint density at radius 2 is 1.69 bits per heavy atom. The standard InChI is InChI=1S/C9H12O2S2/c1-7-6-8(12(2)10)4-5-9(7)13(3)11/h4-6H,1-3H3. The van der Waals surface area contributed by atoms with Crippen molar-refractivity contribution in [1.29, 1.82) is 0 Å². The summed E-state index contributed by atoms with van der Waals surface area (Å²) in [5.74, 6) is 0. The molecule has 0 saturated carbocycles. The zero-order valence-electron chi connectivity index (χ0n) is 7.87. The van der Waals surface area contributed by atoms with Gasteiger partial charge >= 0.3 is 0 Å². The highest BCUT2D eigenvalue weighted by molar-refractivity contribution is 7.84. The molecule has 0 N–H and O–H groups in total. The van der Waals surface area contributed by atoms with Gasteiger partial charge in [-0.2, -0.15) is 0 Å². The maximum absolute atomic E-state index is 11.2. The largest absolute Gasteiger partial charge is 0.255 e. The molecule has 2 unspecified atom stereocenters. The van der Waals surface area contributed by atoms with Gasteiger partial charge in [0.05, 0.1) is 10.8 Å². The Kier molecular flexibility index (Phi) is 3.39. The Labute approximate surface area is 83.3 Å². The molecule has 1 aromatic carbocycles. The van der Waals surface area contributed by atoms with E-state index in [2.05, 4.69) is 0 Å². The second-order valence-corrected chi connectivity index (χ2v) is 5.56. The molecule has 0 amide bonds. The molecule has 13 heavy (non-hydrogen) atoms. The number of aryl methyl sites for hydroxylation is 1. The Morgan fingerprint density at radius 1 is 1.08 bits per heavy atom. The maximum Gasteiger partial charge on any atom is 0.0500 e. The van der Waals surface area contributed by atoms with Gasteiger partial charge in [-0.05, 0) is 30.7 Å². The van der Waals surface area contributed by atoms with Crippen LogP contribution in [0.15, 0.2) is 28.0 Å². The zero-order valence-corrected chi connectivity index (χ0v) is 9.50. The molecule has 0 aromatic heterocycles. The summed E-state index contributed by atoms with van der Waals surface area (Å²) in [6.07, 6.45) is 3.28. The van der Waals surface area contributed by atoms with Gasteiger partial charge in [0.15, 0.2) is 0 Å². The Bertz CT molecular complexity index is 372. The number of rotatable bonds is 2. The molecule has 1 rings (SSSR count).